The van der Waals surface area contributed by atoms with Crippen molar-refractivity contribution in [1.29, 1.82) is 0 Å². The molecule has 2 atom stereocenters. The molecule has 2 bridgehead atoms. The van der Waals surface area contributed by atoms with E-state index in [1.165, 1.54) is 12.5 Å². The molecule has 0 radical (unpaired) electrons. The monoisotopic (exact) mass is 349 g/mol. The maximum atomic E-state index is 14.0. The first kappa shape index (κ1) is 18.0. The van der Waals surface area contributed by atoms with Crippen LogP contribution < -0.4 is 10.1 Å². The zero-order valence-electron chi connectivity index (χ0n) is 15.3. The number of rotatable bonds is 4. The number of benzene rings is 1. The third kappa shape index (κ3) is 4.24. The Morgan fingerprint density at radius 1 is 1.32 bits per heavy atom. The molecule has 0 aromatic heterocycles. The van der Waals surface area contributed by atoms with E-state index in [4.69, 9.17) is 4.74 Å². The molecule has 1 N–H and O–H groups in total. The summed E-state index contributed by atoms with van der Waals surface area (Å²) >= 11 is 0. The minimum atomic E-state index is -0.394. The highest BCUT2D eigenvalue weighted by atomic mass is 19.1. The van der Waals surface area contributed by atoms with Crippen LogP contribution in [-0.2, 0) is 6.54 Å². The first-order valence-electron chi connectivity index (χ1n) is 9.14. The fraction of sp³-hybridized carbons (Fsp3) is 0.632. The van der Waals surface area contributed by atoms with Gasteiger partial charge in [0.15, 0.2) is 11.6 Å². The van der Waals surface area contributed by atoms with Crippen molar-refractivity contribution < 1.29 is 13.9 Å². The number of hydrogen-bond acceptors (Lipinski definition) is 3. The molecular weight excluding hydrogens is 321 g/mol. The second-order valence-electron chi connectivity index (χ2n) is 7.38. The molecule has 1 aromatic rings. The van der Waals surface area contributed by atoms with Gasteiger partial charge in [0.2, 0.25) is 0 Å². The van der Waals surface area contributed by atoms with Gasteiger partial charge in [-0.1, -0.05) is 6.07 Å². The molecule has 5 nitrogen and oxygen atoms in total. The van der Waals surface area contributed by atoms with E-state index in [-0.39, 0.29) is 17.9 Å². The van der Waals surface area contributed by atoms with Crippen molar-refractivity contribution in [2.24, 2.45) is 0 Å². The van der Waals surface area contributed by atoms with Crippen molar-refractivity contribution in [3.8, 4) is 5.75 Å². The molecule has 2 amide bonds. The first-order valence-corrected chi connectivity index (χ1v) is 9.14. The minimum absolute atomic E-state index is 0.0659. The van der Waals surface area contributed by atoms with E-state index in [0.29, 0.717) is 18.6 Å². The van der Waals surface area contributed by atoms with Crippen LogP contribution >= 0.6 is 0 Å². The summed E-state index contributed by atoms with van der Waals surface area (Å²) in [7, 11) is 2.16. The number of carbonyl (C=O) groups is 1. The normalized spacial score (nSPS) is 23.6. The quantitative estimate of drug-likeness (QED) is 0.909. The second-order valence-corrected chi connectivity index (χ2v) is 7.38. The van der Waals surface area contributed by atoms with Gasteiger partial charge in [-0.15, -0.1) is 0 Å². The summed E-state index contributed by atoms with van der Waals surface area (Å²) in [6.07, 6.45) is 3.35. The van der Waals surface area contributed by atoms with Crippen molar-refractivity contribution in [3.63, 3.8) is 0 Å². The van der Waals surface area contributed by atoms with Crippen LogP contribution in [0.25, 0.3) is 0 Å². The fourth-order valence-corrected chi connectivity index (χ4v) is 3.79. The summed E-state index contributed by atoms with van der Waals surface area (Å²) in [6, 6.07) is 5.84. The van der Waals surface area contributed by atoms with Gasteiger partial charge in [0.25, 0.3) is 0 Å². The molecule has 138 valence electrons. The van der Waals surface area contributed by atoms with Crippen molar-refractivity contribution in [2.75, 3.05) is 20.1 Å². The molecule has 6 heteroatoms. The molecule has 2 aliphatic heterocycles. The molecule has 25 heavy (non-hydrogen) atoms. The molecule has 0 aliphatic carbocycles. The van der Waals surface area contributed by atoms with Gasteiger partial charge in [0.1, 0.15) is 0 Å². The number of carbonyl (C=O) groups excluding carboxylic acids is 1. The van der Waals surface area contributed by atoms with E-state index < -0.39 is 5.82 Å². The molecule has 0 spiro atoms. The average Bonchev–Trinajstić information content (AvgIpc) is 2.79. The molecule has 2 unspecified atom stereocenters. The van der Waals surface area contributed by atoms with Crippen LogP contribution in [0.5, 0.6) is 5.75 Å². The highest BCUT2D eigenvalue weighted by molar-refractivity contribution is 5.74. The molecule has 2 saturated heterocycles. The maximum absolute atomic E-state index is 14.0. The summed E-state index contributed by atoms with van der Waals surface area (Å²) in [4.78, 5) is 16.8. The van der Waals surface area contributed by atoms with E-state index in [1.54, 1.807) is 12.1 Å². The van der Waals surface area contributed by atoms with Crippen LogP contribution in [0.15, 0.2) is 18.2 Å². The predicted octanol–water partition coefficient (Wildman–Crippen LogP) is 2.99. The predicted molar refractivity (Wildman–Crippen MR) is 95.2 cm³/mol. The Labute approximate surface area is 149 Å². The number of likely N-dealkylation sites (N-methyl/N-ethyl adjacent to an activating group) is 1. The highest BCUT2D eigenvalue weighted by Gasteiger charge is 2.35. The van der Waals surface area contributed by atoms with Crippen LogP contribution in [-0.4, -0.2) is 54.2 Å². The van der Waals surface area contributed by atoms with Crippen LogP contribution in [0.4, 0.5) is 9.18 Å². The Morgan fingerprint density at radius 2 is 2.08 bits per heavy atom. The fourth-order valence-electron chi connectivity index (χ4n) is 3.79. The van der Waals surface area contributed by atoms with Gasteiger partial charge < -0.3 is 15.0 Å². The number of urea groups is 1. The summed E-state index contributed by atoms with van der Waals surface area (Å²) in [6.45, 7) is 5.59. The lowest BCUT2D eigenvalue weighted by Gasteiger charge is -2.26. The van der Waals surface area contributed by atoms with Gasteiger partial charge in [0, 0.05) is 31.7 Å². The van der Waals surface area contributed by atoms with Crippen LogP contribution in [0.2, 0.25) is 0 Å². The summed E-state index contributed by atoms with van der Waals surface area (Å²) < 4.78 is 19.4. The topological polar surface area (TPSA) is 44.8 Å². The molecule has 1 aromatic carbocycles. The van der Waals surface area contributed by atoms with Gasteiger partial charge >= 0.3 is 6.03 Å². The van der Waals surface area contributed by atoms with Crippen molar-refractivity contribution in [3.05, 3.63) is 29.6 Å². The molecule has 2 aliphatic rings. The van der Waals surface area contributed by atoms with Crippen LogP contribution in [0, 0.1) is 5.82 Å². The number of fused-ring (bicyclic) bond motifs is 2. The standard InChI is InChI=1S/C19H28FN3O2/c1-13(2)25-18-7-4-14(10-17(18)20)11-21-19(24)23-9-8-15-5-6-16(12-23)22(15)3/h4,7,10,13,15-16H,5-6,8-9,11-12H2,1-3H3,(H,21,24). The third-order valence-electron chi connectivity index (χ3n) is 5.24. The van der Waals surface area contributed by atoms with E-state index in [0.717, 1.165) is 31.5 Å². The minimum Gasteiger partial charge on any atom is -0.488 e. The van der Waals surface area contributed by atoms with Gasteiger partial charge in [-0.2, -0.15) is 0 Å². The van der Waals surface area contributed by atoms with Crippen molar-refractivity contribution in [2.45, 2.75) is 57.8 Å². The van der Waals surface area contributed by atoms with Crippen molar-refractivity contribution >= 4 is 6.03 Å². The zero-order valence-corrected chi connectivity index (χ0v) is 15.3. The summed E-state index contributed by atoms with van der Waals surface area (Å²) in [5.41, 5.74) is 0.732. The number of nitrogens with one attached hydrogen (secondary N) is 1. The molecular formula is C19H28FN3O2. The van der Waals surface area contributed by atoms with E-state index in [1.807, 2.05) is 18.7 Å². The highest BCUT2D eigenvalue weighted by Crippen LogP contribution is 2.28. The number of amides is 2. The van der Waals surface area contributed by atoms with E-state index in [9.17, 15) is 9.18 Å². The van der Waals surface area contributed by atoms with Crippen LogP contribution in [0.3, 0.4) is 0 Å². The second kappa shape index (κ2) is 7.60. The summed E-state index contributed by atoms with van der Waals surface area (Å²) in [5.74, 6) is -0.147. The Balaban J connectivity index is 1.54. The number of ether oxygens (including phenoxy) is 1. The van der Waals surface area contributed by atoms with Crippen LogP contribution in [0.1, 0.15) is 38.7 Å². The van der Waals surface area contributed by atoms with E-state index >= 15 is 0 Å². The largest absolute Gasteiger partial charge is 0.488 e. The van der Waals surface area contributed by atoms with Gasteiger partial charge in [-0.3, -0.25) is 4.90 Å². The Kier molecular flexibility index (Phi) is 5.47. The lowest BCUT2D eigenvalue weighted by atomic mass is 10.1. The SMILES string of the molecule is CC(C)Oc1ccc(CNC(=O)N2CCC3CCC(C2)N3C)cc1F. The molecule has 0 saturated carbocycles. The zero-order chi connectivity index (χ0) is 18.0. The Hall–Kier alpha value is -1.82. The average molecular weight is 349 g/mol. The van der Waals surface area contributed by atoms with E-state index in [2.05, 4.69) is 17.3 Å². The van der Waals surface area contributed by atoms with Gasteiger partial charge in [-0.25, -0.2) is 9.18 Å². The van der Waals surface area contributed by atoms with Gasteiger partial charge in [0.05, 0.1) is 6.10 Å². The lowest BCUT2D eigenvalue weighted by Crippen LogP contribution is -2.44. The number of nitrogens with zero attached hydrogens (tertiary/aromatic N) is 2. The molecule has 2 heterocycles. The molecule has 2 fully saturated rings. The first-order chi connectivity index (χ1) is 11.9. The van der Waals surface area contributed by atoms with Crippen molar-refractivity contribution in [1.82, 2.24) is 15.1 Å². The Bertz CT molecular complexity index is 623. The number of hydrogen-bond donors (Lipinski definition) is 1. The Morgan fingerprint density at radius 3 is 2.80 bits per heavy atom. The lowest BCUT2D eigenvalue weighted by molar-refractivity contribution is 0.188. The van der Waals surface area contributed by atoms with Gasteiger partial charge in [-0.05, 0) is 57.9 Å². The smallest absolute Gasteiger partial charge is 0.317 e. The molecule has 3 rings (SSSR count). The maximum Gasteiger partial charge on any atom is 0.317 e. The third-order valence-corrected chi connectivity index (χ3v) is 5.24. The summed E-state index contributed by atoms with van der Waals surface area (Å²) in [5, 5.41) is 2.92. The number of halogens is 1. The number of likely N-dealkylation sites (tertiary alicyclic amines) is 1.